The van der Waals surface area contributed by atoms with Crippen molar-refractivity contribution in [2.45, 2.75) is 31.8 Å². The van der Waals surface area contributed by atoms with Gasteiger partial charge >= 0.3 is 0 Å². The number of hydroxylamine groups is 1. The summed E-state index contributed by atoms with van der Waals surface area (Å²) in [6.45, 7) is 1.95. The number of ether oxygens (including phenoxy) is 1. The zero-order chi connectivity index (χ0) is 18.4. The van der Waals surface area contributed by atoms with Crippen LogP contribution in [0.3, 0.4) is 0 Å². The number of aryl methyl sites for hydroxylation is 1. The van der Waals surface area contributed by atoms with Crippen molar-refractivity contribution in [2.75, 3.05) is 7.11 Å². The zero-order valence-electron chi connectivity index (χ0n) is 14.1. The number of nitrogens with one attached hydrogen (secondary N) is 1. The lowest BCUT2D eigenvalue weighted by molar-refractivity contribution is -0.123. The van der Waals surface area contributed by atoms with E-state index in [1.165, 1.54) is 24.7 Å². The third kappa shape index (κ3) is 5.26. The number of amides is 1. The normalized spacial score (nSPS) is 13.3. The number of benzene rings is 2. The highest BCUT2D eigenvalue weighted by molar-refractivity contribution is 6.30. The van der Waals surface area contributed by atoms with Crippen LogP contribution < -0.4 is 5.48 Å². The third-order valence-electron chi connectivity index (χ3n) is 4.29. The van der Waals surface area contributed by atoms with E-state index in [1.54, 1.807) is 18.2 Å². The van der Waals surface area contributed by atoms with Gasteiger partial charge in [0.1, 0.15) is 5.82 Å². The molecule has 1 N–H and O–H groups in total. The third-order valence-corrected chi connectivity index (χ3v) is 4.53. The van der Waals surface area contributed by atoms with E-state index in [0.29, 0.717) is 11.4 Å². The number of rotatable bonds is 7. The lowest BCUT2D eigenvalue weighted by atomic mass is 9.84. The van der Waals surface area contributed by atoms with Crippen LogP contribution in [0.25, 0.3) is 0 Å². The van der Waals surface area contributed by atoms with Gasteiger partial charge in [0.05, 0.1) is 12.5 Å². The van der Waals surface area contributed by atoms with Crippen LogP contribution in [0, 0.1) is 17.9 Å². The molecule has 0 saturated carbocycles. The van der Waals surface area contributed by atoms with Crippen LogP contribution in [0.2, 0.25) is 5.02 Å². The van der Waals surface area contributed by atoms with E-state index in [0.717, 1.165) is 16.7 Å². The molecule has 2 aromatic carbocycles. The Hall–Kier alpha value is -1.95. The molecule has 2 rings (SSSR count). The predicted octanol–water partition coefficient (Wildman–Crippen LogP) is 4.13. The lowest BCUT2D eigenvalue weighted by Gasteiger charge is -2.27. The molecule has 6 heteroatoms. The van der Waals surface area contributed by atoms with Gasteiger partial charge in [-0.3, -0.25) is 4.79 Å². The standard InChI is InChI=1S/C19H20ClFNO3/c1-12-9-15(20)6-3-14(12)10-17(13-4-7-16(21)8-5-13)18(25-2)11-19(23)22-24/h3-9,17-18H,10-11H2,1-2H3,(H-,22,23,24)/q-1/t17-,18-/m1/s1. The van der Waals surface area contributed by atoms with Gasteiger partial charge in [-0.2, -0.15) is 0 Å². The quantitative estimate of drug-likeness (QED) is 0.751. The molecule has 1 amide bonds. The van der Waals surface area contributed by atoms with Gasteiger partial charge in [-0.15, -0.1) is 0 Å². The Morgan fingerprint density at radius 2 is 1.96 bits per heavy atom. The summed E-state index contributed by atoms with van der Waals surface area (Å²) < 4.78 is 18.8. The van der Waals surface area contributed by atoms with Crippen molar-refractivity contribution in [1.82, 2.24) is 5.48 Å². The second kappa shape index (κ2) is 8.94. The van der Waals surface area contributed by atoms with E-state index >= 15 is 0 Å². The molecule has 0 aromatic heterocycles. The molecular formula is C19H20ClFNO3-. The van der Waals surface area contributed by atoms with Crippen LogP contribution in [0.15, 0.2) is 42.5 Å². The second-order valence-corrected chi connectivity index (χ2v) is 6.37. The first-order valence-electron chi connectivity index (χ1n) is 7.89. The Labute approximate surface area is 151 Å². The molecule has 134 valence electrons. The van der Waals surface area contributed by atoms with Gasteiger partial charge in [0.2, 0.25) is 5.91 Å². The molecular weight excluding hydrogens is 345 g/mol. The molecule has 0 saturated heterocycles. The molecule has 0 aliphatic rings. The van der Waals surface area contributed by atoms with Crippen molar-refractivity contribution in [1.29, 1.82) is 0 Å². The number of methoxy groups -OCH3 is 1. The maximum absolute atomic E-state index is 13.3. The average Bonchev–Trinajstić information content (AvgIpc) is 2.60. The number of carbonyl (C=O) groups excluding carboxylic acids is 1. The van der Waals surface area contributed by atoms with E-state index in [9.17, 15) is 14.4 Å². The molecule has 25 heavy (non-hydrogen) atoms. The number of hydrogen-bond acceptors (Lipinski definition) is 3. The Morgan fingerprint density at radius 1 is 1.28 bits per heavy atom. The summed E-state index contributed by atoms with van der Waals surface area (Å²) in [5.74, 6) is -1.20. The molecule has 2 atom stereocenters. The van der Waals surface area contributed by atoms with E-state index in [4.69, 9.17) is 16.3 Å². The van der Waals surface area contributed by atoms with Gasteiger partial charge in [-0.1, -0.05) is 29.8 Å². The van der Waals surface area contributed by atoms with Gasteiger partial charge in [-0.25, -0.2) is 4.39 Å². The molecule has 2 aromatic rings. The smallest absolute Gasteiger partial charge is 0.212 e. The molecule has 0 aliphatic carbocycles. The largest absolute Gasteiger partial charge is 0.759 e. The Kier molecular flexibility index (Phi) is 6.93. The monoisotopic (exact) mass is 364 g/mol. The fourth-order valence-corrected chi connectivity index (χ4v) is 3.14. The number of hydrogen-bond donors (Lipinski definition) is 1. The SMILES string of the molecule is CO[C@H](CC(=O)N[O-])[C@H](Cc1ccc(Cl)cc1C)c1ccc(F)cc1. The van der Waals surface area contributed by atoms with E-state index < -0.39 is 12.0 Å². The molecule has 0 radical (unpaired) electrons. The highest BCUT2D eigenvalue weighted by Gasteiger charge is 2.26. The molecule has 0 aliphatic heterocycles. The summed E-state index contributed by atoms with van der Waals surface area (Å²) in [4.78, 5) is 11.6. The van der Waals surface area contributed by atoms with Gasteiger partial charge in [0, 0.05) is 18.1 Å². The minimum absolute atomic E-state index is 0.0747. The predicted molar refractivity (Wildman–Crippen MR) is 96.0 cm³/mol. The highest BCUT2D eigenvalue weighted by Crippen LogP contribution is 2.30. The fourth-order valence-electron chi connectivity index (χ4n) is 2.91. The molecule has 4 nitrogen and oxygen atoms in total. The summed E-state index contributed by atoms with van der Waals surface area (Å²) in [6.07, 6.45) is -0.0250. The van der Waals surface area contributed by atoms with Gasteiger partial charge in [0.15, 0.2) is 0 Å². The minimum Gasteiger partial charge on any atom is -0.759 e. The van der Waals surface area contributed by atoms with E-state index in [2.05, 4.69) is 0 Å². The van der Waals surface area contributed by atoms with Crippen molar-refractivity contribution < 1.29 is 13.9 Å². The van der Waals surface area contributed by atoms with Gasteiger partial charge < -0.3 is 15.4 Å². The maximum Gasteiger partial charge on any atom is 0.212 e. The number of carbonyl (C=O) groups is 1. The summed E-state index contributed by atoms with van der Waals surface area (Å²) in [5, 5.41) is 11.3. The van der Waals surface area contributed by atoms with Crippen molar-refractivity contribution in [3.8, 4) is 0 Å². The van der Waals surface area contributed by atoms with E-state index in [1.807, 2.05) is 19.1 Å². The van der Waals surface area contributed by atoms with Crippen LogP contribution in [-0.2, 0) is 16.0 Å². The lowest BCUT2D eigenvalue weighted by Crippen LogP contribution is -2.30. The summed E-state index contributed by atoms with van der Waals surface area (Å²) in [5.41, 5.74) is 4.28. The Bertz CT molecular complexity index is 721. The Balaban J connectivity index is 2.36. The first-order chi connectivity index (χ1) is 11.9. The first kappa shape index (κ1) is 19.4. The van der Waals surface area contributed by atoms with Gasteiger partial charge in [-0.05, 0) is 54.3 Å². The summed E-state index contributed by atoms with van der Waals surface area (Å²) in [7, 11) is 1.49. The minimum atomic E-state index is -0.646. The highest BCUT2D eigenvalue weighted by atomic mass is 35.5. The molecule has 0 bridgehead atoms. The topological polar surface area (TPSA) is 61.4 Å². The van der Waals surface area contributed by atoms with Gasteiger partial charge in [0.25, 0.3) is 0 Å². The first-order valence-corrected chi connectivity index (χ1v) is 8.26. The van der Waals surface area contributed by atoms with E-state index in [-0.39, 0.29) is 18.2 Å². The second-order valence-electron chi connectivity index (χ2n) is 5.94. The fraction of sp³-hybridized carbons (Fsp3) is 0.316. The van der Waals surface area contributed by atoms with Crippen LogP contribution >= 0.6 is 11.6 Å². The van der Waals surface area contributed by atoms with Crippen molar-refractivity contribution in [3.63, 3.8) is 0 Å². The van der Waals surface area contributed by atoms with Crippen LogP contribution in [0.5, 0.6) is 0 Å². The van der Waals surface area contributed by atoms with Crippen LogP contribution in [-0.4, -0.2) is 19.1 Å². The summed E-state index contributed by atoms with van der Waals surface area (Å²) in [6, 6.07) is 11.7. The summed E-state index contributed by atoms with van der Waals surface area (Å²) >= 11 is 6.01. The van der Waals surface area contributed by atoms with Crippen LogP contribution in [0.4, 0.5) is 4.39 Å². The van der Waals surface area contributed by atoms with Crippen molar-refractivity contribution in [2.24, 2.45) is 0 Å². The maximum atomic E-state index is 13.3. The zero-order valence-corrected chi connectivity index (χ0v) is 14.8. The molecule has 0 fully saturated rings. The average molecular weight is 365 g/mol. The van der Waals surface area contributed by atoms with Crippen LogP contribution in [0.1, 0.15) is 29.0 Å². The molecule has 0 heterocycles. The molecule has 0 spiro atoms. The number of halogens is 2. The molecule has 0 unspecified atom stereocenters. The van der Waals surface area contributed by atoms with Crippen molar-refractivity contribution in [3.05, 3.63) is 75.2 Å². The van der Waals surface area contributed by atoms with Crippen molar-refractivity contribution >= 4 is 17.5 Å². The Morgan fingerprint density at radius 3 is 2.52 bits per heavy atom.